The summed E-state index contributed by atoms with van der Waals surface area (Å²) in [5, 5.41) is 0. The molecule has 2 aliphatic heterocycles. The van der Waals surface area contributed by atoms with Gasteiger partial charge in [-0.05, 0) is 48.4 Å². The van der Waals surface area contributed by atoms with Gasteiger partial charge < -0.3 is 9.47 Å². The molecule has 0 aliphatic carbocycles. The number of pyridine rings is 1. The third-order valence-corrected chi connectivity index (χ3v) is 6.07. The Balaban J connectivity index is 1.44. The van der Waals surface area contributed by atoms with Crippen LogP contribution in [0.15, 0.2) is 65.1 Å². The standard InChI is InChI=1S/C24H19BrN2O3/c1-15-23-18(13-27(14-29-23)12-16-6-8-26-9-7-16)10-19-22(28)21(30-24(15)19)11-17-4-2-3-5-20(17)25/h2-11H,12-14H2,1H3/b21-11-. The lowest BCUT2D eigenvalue weighted by atomic mass is 10.00. The molecule has 0 saturated heterocycles. The average molecular weight is 463 g/mol. The zero-order valence-corrected chi connectivity index (χ0v) is 18.0. The summed E-state index contributed by atoms with van der Waals surface area (Å²) in [5.74, 6) is 1.64. The zero-order chi connectivity index (χ0) is 20.7. The fourth-order valence-electron chi connectivity index (χ4n) is 3.88. The average Bonchev–Trinajstić information content (AvgIpc) is 3.06. The van der Waals surface area contributed by atoms with E-state index in [0.717, 1.165) is 33.5 Å². The maximum absolute atomic E-state index is 13.1. The summed E-state index contributed by atoms with van der Waals surface area (Å²) in [4.78, 5) is 19.3. The molecule has 2 aliphatic rings. The number of ether oxygens (including phenoxy) is 2. The van der Waals surface area contributed by atoms with Crippen LogP contribution in [0, 0.1) is 6.92 Å². The van der Waals surface area contributed by atoms with Crippen molar-refractivity contribution in [2.75, 3.05) is 6.73 Å². The number of hydrogen-bond donors (Lipinski definition) is 0. The Kier molecular flexibility index (Phi) is 4.89. The number of halogens is 1. The molecule has 0 fully saturated rings. The molecule has 6 heteroatoms. The molecule has 0 unspecified atom stereocenters. The highest BCUT2D eigenvalue weighted by atomic mass is 79.9. The van der Waals surface area contributed by atoms with E-state index in [-0.39, 0.29) is 5.78 Å². The van der Waals surface area contributed by atoms with Gasteiger partial charge in [-0.3, -0.25) is 14.7 Å². The van der Waals surface area contributed by atoms with Gasteiger partial charge in [0.15, 0.2) is 5.76 Å². The second-order valence-electron chi connectivity index (χ2n) is 7.44. The third kappa shape index (κ3) is 3.42. The molecule has 2 aromatic carbocycles. The van der Waals surface area contributed by atoms with Crippen LogP contribution in [0.1, 0.15) is 32.6 Å². The molecule has 0 atom stereocenters. The number of ketones is 1. The van der Waals surface area contributed by atoms with Crippen molar-refractivity contribution in [1.82, 2.24) is 9.88 Å². The van der Waals surface area contributed by atoms with Gasteiger partial charge in [0.1, 0.15) is 18.2 Å². The Labute approximate surface area is 183 Å². The number of allylic oxidation sites excluding steroid dienone is 1. The lowest BCUT2D eigenvalue weighted by molar-refractivity contribution is 0.0876. The molecule has 1 aromatic heterocycles. The largest absolute Gasteiger partial charge is 0.477 e. The van der Waals surface area contributed by atoms with Gasteiger partial charge in [-0.1, -0.05) is 34.1 Å². The van der Waals surface area contributed by atoms with Crippen LogP contribution in [0.2, 0.25) is 0 Å². The number of fused-ring (bicyclic) bond motifs is 2. The number of carbonyl (C=O) groups is 1. The lowest BCUT2D eigenvalue weighted by Crippen LogP contribution is -2.32. The molecular formula is C24H19BrN2O3. The minimum absolute atomic E-state index is 0.0992. The van der Waals surface area contributed by atoms with Gasteiger partial charge in [0, 0.05) is 41.1 Å². The summed E-state index contributed by atoms with van der Waals surface area (Å²) < 4.78 is 13.0. The molecule has 3 aromatic rings. The number of nitrogens with zero attached hydrogens (tertiary/aromatic N) is 2. The Morgan fingerprint density at radius 2 is 1.97 bits per heavy atom. The monoisotopic (exact) mass is 462 g/mol. The van der Waals surface area contributed by atoms with Crippen LogP contribution in [-0.2, 0) is 13.1 Å². The smallest absolute Gasteiger partial charge is 0.231 e. The molecule has 0 saturated carbocycles. The molecule has 0 amide bonds. The number of hydrogen-bond acceptors (Lipinski definition) is 5. The molecule has 0 radical (unpaired) electrons. The van der Waals surface area contributed by atoms with E-state index >= 15 is 0 Å². The van der Waals surface area contributed by atoms with E-state index in [1.165, 1.54) is 5.56 Å². The summed E-state index contributed by atoms with van der Waals surface area (Å²) in [6.07, 6.45) is 5.36. The van der Waals surface area contributed by atoms with Gasteiger partial charge in [0.2, 0.25) is 5.78 Å². The van der Waals surface area contributed by atoms with Crippen molar-refractivity contribution in [1.29, 1.82) is 0 Å². The molecule has 5 rings (SSSR count). The Morgan fingerprint density at radius 1 is 1.17 bits per heavy atom. The van der Waals surface area contributed by atoms with Crippen molar-refractivity contribution in [3.63, 3.8) is 0 Å². The maximum Gasteiger partial charge on any atom is 0.231 e. The minimum atomic E-state index is -0.0992. The van der Waals surface area contributed by atoms with Crippen LogP contribution in [0.25, 0.3) is 6.08 Å². The first kappa shape index (κ1) is 19.0. The lowest BCUT2D eigenvalue weighted by Gasteiger charge is -2.30. The van der Waals surface area contributed by atoms with Gasteiger partial charge in [-0.15, -0.1) is 0 Å². The molecule has 3 heterocycles. The molecule has 30 heavy (non-hydrogen) atoms. The Morgan fingerprint density at radius 3 is 2.77 bits per heavy atom. The number of rotatable bonds is 3. The minimum Gasteiger partial charge on any atom is -0.477 e. The number of benzene rings is 2. The van der Waals surface area contributed by atoms with Gasteiger partial charge in [-0.2, -0.15) is 0 Å². The predicted octanol–water partition coefficient (Wildman–Crippen LogP) is 5.12. The van der Waals surface area contributed by atoms with Crippen LogP contribution >= 0.6 is 15.9 Å². The predicted molar refractivity (Wildman–Crippen MR) is 117 cm³/mol. The number of Topliss-reactive ketones (excluding diaryl/α,β-unsaturated/α-hetero) is 1. The van der Waals surface area contributed by atoms with Gasteiger partial charge >= 0.3 is 0 Å². The molecule has 0 spiro atoms. The second-order valence-corrected chi connectivity index (χ2v) is 8.30. The topological polar surface area (TPSA) is 51.7 Å². The van der Waals surface area contributed by atoms with Crippen molar-refractivity contribution < 1.29 is 14.3 Å². The van der Waals surface area contributed by atoms with Crippen LogP contribution in [-0.4, -0.2) is 22.4 Å². The van der Waals surface area contributed by atoms with E-state index in [1.807, 2.05) is 49.4 Å². The SMILES string of the molecule is Cc1c2c(cc3c1O/C(=C\c1ccccc1Br)C3=O)CN(Cc1ccncc1)CO2. The molecule has 5 nitrogen and oxygen atoms in total. The highest BCUT2D eigenvalue weighted by Crippen LogP contribution is 2.43. The summed E-state index contributed by atoms with van der Waals surface area (Å²) in [5.41, 5.74) is 4.54. The summed E-state index contributed by atoms with van der Waals surface area (Å²) >= 11 is 3.52. The van der Waals surface area contributed by atoms with Crippen molar-refractivity contribution >= 4 is 27.8 Å². The Hall–Kier alpha value is -2.96. The van der Waals surface area contributed by atoms with E-state index in [0.29, 0.717) is 30.3 Å². The molecule has 0 bridgehead atoms. The van der Waals surface area contributed by atoms with E-state index in [2.05, 4.69) is 25.8 Å². The van der Waals surface area contributed by atoms with E-state index < -0.39 is 0 Å². The van der Waals surface area contributed by atoms with Crippen molar-refractivity contribution in [2.24, 2.45) is 0 Å². The van der Waals surface area contributed by atoms with E-state index in [1.54, 1.807) is 18.5 Å². The quantitative estimate of drug-likeness (QED) is 0.505. The fourth-order valence-corrected chi connectivity index (χ4v) is 4.28. The summed E-state index contributed by atoms with van der Waals surface area (Å²) in [6, 6.07) is 13.7. The number of carbonyl (C=O) groups excluding carboxylic acids is 1. The second kappa shape index (κ2) is 7.70. The van der Waals surface area contributed by atoms with Crippen LogP contribution in [0.4, 0.5) is 0 Å². The van der Waals surface area contributed by atoms with Crippen molar-refractivity contribution in [3.8, 4) is 11.5 Å². The maximum atomic E-state index is 13.1. The first-order chi connectivity index (χ1) is 14.6. The van der Waals surface area contributed by atoms with Crippen LogP contribution in [0.3, 0.4) is 0 Å². The molecule has 0 N–H and O–H groups in total. The highest BCUT2D eigenvalue weighted by molar-refractivity contribution is 9.10. The van der Waals surface area contributed by atoms with Gasteiger partial charge in [-0.25, -0.2) is 0 Å². The van der Waals surface area contributed by atoms with E-state index in [4.69, 9.17) is 9.47 Å². The number of aromatic nitrogens is 1. The first-order valence-electron chi connectivity index (χ1n) is 9.69. The van der Waals surface area contributed by atoms with Crippen LogP contribution < -0.4 is 9.47 Å². The van der Waals surface area contributed by atoms with Crippen LogP contribution in [0.5, 0.6) is 11.5 Å². The Bertz CT molecular complexity index is 1170. The molecule has 150 valence electrons. The highest BCUT2D eigenvalue weighted by Gasteiger charge is 2.33. The fraction of sp³-hybridized carbons (Fsp3) is 0.167. The molecular weight excluding hydrogens is 444 g/mol. The first-order valence-corrected chi connectivity index (χ1v) is 10.5. The normalized spacial score (nSPS) is 16.7. The van der Waals surface area contributed by atoms with Crippen molar-refractivity contribution in [2.45, 2.75) is 20.0 Å². The van der Waals surface area contributed by atoms with Gasteiger partial charge in [0.25, 0.3) is 0 Å². The third-order valence-electron chi connectivity index (χ3n) is 5.35. The van der Waals surface area contributed by atoms with Crippen molar-refractivity contribution in [3.05, 3.63) is 92.9 Å². The zero-order valence-electron chi connectivity index (χ0n) is 16.4. The van der Waals surface area contributed by atoms with Gasteiger partial charge in [0.05, 0.1) is 5.56 Å². The van der Waals surface area contributed by atoms with E-state index in [9.17, 15) is 4.79 Å². The summed E-state index contributed by atoms with van der Waals surface area (Å²) in [7, 11) is 0. The summed E-state index contributed by atoms with van der Waals surface area (Å²) in [6.45, 7) is 3.91.